The summed E-state index contributed by atoms with van der Waals surface area (Å²) in [7, 11) is 0. The molecule has 0 saturated heterocycles. The number of hydrogen-bond donors (Lipinski definition) is 0. The van der Waals surface area contributed by atoms with Crippen LogP contribution in [0.4, 0.5) is 0 Å². The normalized spacial score (nSPS) is 15.7. The molecule has 144 valence electrons. The van der Waals surface area contributed by atoms with E-state index in [4.69, 9.17) is 5.63 Å². The zero-order valence-electron chi connectivity index (χ0n) is 16.3. The summed E-state index contributed by atoms with van der Waals surface area (Å²) in [4.78, 5) is 0. The molecule has 0 atom stereocenters. The summed E-state index contributed by atoms with van der Waals surface area (Å²) in [6.45, 7) is 7.67. The van der Waals surface area contributed by atoms with E-state index >= 15 is 0 Å². The Balaban J connectivity index is 1.75. The monoisotopic (exact) mass is 458 g/mol. The van der Waals surface area contributed by atoms with Gasteiger partial charge in [-0.3, -0.25) is 0 Å². The minimum atomic E-state index is -3.85. The number of rotatable bonds is 8. The molecule has 0 fully saturated rings. The molecule has 29 heavy (non-hydrogen) atoms. The second-order valence-electron chi connectivity index (χ2n) is 7.06. The summed E-state index contributed by atoms with van der Waals surface area (Å²) >= 11 is -3.85. The van der Waals surface area contributed by atoms with E-state index in [9.17, 15) is 0 Å². The van der Waals surface area contributed by atoms with Crippen molar-refractivity contribution in [2.24, 2.45) is 0 Å². The maximum absolute atomic E-state index is 6.86. The van der Waals surface area contributed by atoms with E-state index in [-0.39, 0.29) is 7.25 Å². The Morgan fingerprint density at radius 1 is 0.586 bits per heavy atom. The number of hydrogen-bond acceptors (Lipinski definition) is 2. The second-order valence-corrected chi connectivity index (χ2v) is 14.9. The Labute approximate surface area is 178 Å². The Kier molecular flexibility index (Phi) is 5.97. The Morgan fingerprint density at radius 3 is 1.24 bits per heavy atom. The van der Waals surface area contributed by atoms with Crippen LogP contribution in [0, 0.1) is 0 Å². The molecule has 0 unspecified atom stereocenters. The molecule has 2 nitrogen and oxygen atoms in total. The standard InChI is InChI=1S/2C8H8O.2C5H5.Zr/c2*1-2-7-3-5-8(9)6-4-7;2*1-2-4-5-3-1;/h2*2-6,9H,1H2;2*1-5H;/q;;;;+2/p-2. The molecule has 4 rings (SSSR count). The van der Waals surface area contributed by atoms with Crippen molar-refractivity contribution in [2.45, 2.75) is 7.25 Å². The summed E-state index contributed by atoms with van der Waals surface area (Å²) in [6.07, 6.45) is 20.9. The molecule has 3 heteroatoms. The first-order valence-electron chi connectivity index (χ1n) is 9.76. The molecule has 2 aliphatic rings. The van der Waals surface area contributed by atoms with E-state index in [1.54, 1.807) is 0 Å². The molecule has 0 radical (unpaired) electrons. The summed E-state index contributed by atoms with van der Waals surface area (Å²) in [5.74, 6) is 1.69. The predicted octanol–water partition coefficient (Wildman–Crippen LogP) is 7.24. The van der Waals surface area contributed by atoms with Crippen LogP contribution < -0.4 is 5.63 Å². The third-order valence-corrected chi connectivity index (χ3v) is 14.4. The van der Waals surface area contributed by atoms with Gasteiger partial charge in [0.05, 0.1) is 0 Å². The molecule has 0 N–H and O–H groups in total. The van der Waals surface area contributed by atoms with Crippen LogP contribution in [0.25, 0.3) is 12.2 Å². The van der Waals surface area contributed by atoms with Crippen molar-refractivity contribution in [3.8, 4) is 11.5 Å². The fraction of sp³-hybridized carbons (Fsp3) is 0.0769. The Morgan fingerprint density at radius 2 is 0.931 bits per heavy atom. The van der Waals surface area contributed by atoms with Gasteiger partial charge in [-0.25, -0.2) is 0 Å². The Hall–Kier alpha value is -2.64. The average molecular weight is 460 g/mol. The van der Waals surface area contributed by atoms with Crippen LogP contribution in [0.1, 0.15) is 11.1 Å². The van der Waals surface area contributed by atoms with Crippen molar-refractivity contribution >= 4 is 12.2 Å². The van der Waals surface area contributed by atoms with Gasteiger partial charge in [0.1, 0.15) is 0 Å². The third-order valence-electron chi connectivity index (χ3n) is 5.21. The van der Waals surface area contributed by atoms with Gasteiger partial charge in [0.25, 0.3) is 0 Å². The third kappa shape index (κ3) is 4.21. The van der Waals surface area contributed by atoms with Crippen LogP contribution in [0.3, 0.4) is 0 Å². The molecule has 0 amide bonds. The van der Waals surface area contributed by atoms with Crippen LogP contribution in [-0.2, 0) is 21.1 Å². The Bertz CT molecular complexity index is 887. The summed E-state index contributed by atoms with van der Waals surface area (Å²) in [6, 6.07) is 16.2. The molecule has 2 aliphatic carbocycles. The molecule has 0 bridgehead atoms. The molecule has 0 spiro atoms. The molecular weight excluding hydrogens is 436 g/mol. The van der Waals surface area contributed by atoms with Gasteiger partial charge >= 0.3 is 179 Å². The topological polar surface area (TPSA) is 18.5 Å². The van der Waals surface area contributed by atoms with E-state index in [0.717, 1.165) is 22.6 Å². The number of allylic oxidation sites excluding steroid dienone is 8. The van der Waals surface area contributed by atoms with E-state index in [1.165, 1.54) is 0 Å². The predicted molar refractivity (Wildman–Crippen MR) is 118 cm³/mol. The SMILES string of the molecule is C=Cc1ccc([O][Zr]([O]c2ccc(C=C)cc2)([CH]2C=CC=C2)[CH]2C=CC=C2)cc1. The van der Waals surface area contributed by atoms with Crippen molar-refractivity contribution in [3.05, 3.63) is 121 Å². The second kappa shape index (κ2) is 8.80. The first-order chi connectivity index (χ1) is 14.2. The summed E-state index contributed by atoms with van der Waals surface area (Å²) in [5, 5.41) is 0. The van der Waals surface area contributed by atoms with Gasteiger partial charge in [0.15, 0.2) is 0 Å². The van der Waals surface area contributed by atoms with Crippen molar-refractivity contribution in [1.82, 2.24) is 0 Å². The van der Waals surface area contributed by atoms with Gasteiger partial charge in [-0.15, -0.1) is 0 Å². The fourth-order valence-corrected chi connectivity index (χ4v) is 12.4. The summed E-state index contributed by atoms with van der Waals surface area (Å²) in [5.41, 5.74) is 2.14. The van der Waals surface area contributed by atoms with E-state index < -0.39 is 21.1 Å². The molecule has 2 aromatic rings. The van der Waals surface area contributed by atoms with E-state index in [1.807, 2.05) is 60.7 Å². The van der Waals surface area contributed by atoms with Crippen LogP contribution in [-0.4, -0.2) is 0 Å². The minimum absolute atomic E-state index is 0.167. The zero-order chi connectivity index (χ0) is 20.1. The molecule has 0 saturated carbocycles. The van der Waals surface area contributed by atoms with Gasteiger partial charge in [-0.1, -0.05) is 0 Å². The van der Waals surface area contributed by atoms with Crippen LogP contribution in [0.5, 0.6) is 11.5 Å². The first kappa shape index (κ1) is 19.7. The first-order valence-corrected chi connectivity index (χ1v) is 14.6. The quantitative estimate of drug-likeness (QED) is 0.414. The molecule has 0 aliphatic heterocycles. The van der Waals surface area contributed by atoms with Crippen molar-refractivity contribution in [1.29, 1.82) is 0 Å². The van der Waals surface area contributed by atoms with Gasteiger partial charge in [-0.2, -0.15) is 0 Å². The molecule has 0 heterocycles. The van der Waals surface area contributed by atoms with Gasteiger partial charge in [0.2, 0.25) is 0 Å². The maximum atomic E-state index is 6.86. The fourth-order valence-electron chi connectivity index (χ4n) is 3.63. The van der Waals surface area contributed by atoms with Crippen LogP contribution in [0.15, 0.2) is 110 Å². The van der Waals surface area contributed by atoms with Crippen LogP contribution >= 0.6 is 0 Å². The summed E-state index contributed by atoms with van der Waals surface area (Å²) < 4.78 is 14.0. The van der Waals surface area contributed by atoms with Gasteiger partial charge < -0.3 is 0 Å². The number of benzene rings is 2. The van der Waals surface area contributed by atoms with Gasteiger partial charge in [-0.05, 0) is 0 Å². The van der Waals surface area contributed by atoms with Crippen molar-refractivity contribution < 1.29 is 26.8 Å². The van der Waals surface area contributed by atoms with Crippen molar-refractivity contribution in [2.75, 3.05) is 0 Å². The van der Waals surface area contributed by atoms with Crippen LogP contribution in [0.2, 0.25) is 7.25 Å². The van der Waals surface area contributed by atoms with Crippen molar-refractivity contribution in [3.63, 3.8) is 0 Å². The molecular formula is C26H24O2Zr. The molecule has 2 aromatic carbocycles. The zero-order valence-corrected chi connectivity index (χ0v) is 18.7. The molecule has 0 aromatic heterocycles. The van der Waals surface area contributed by atoms with E-state index in [0.29, 0.717) is 0 Å². The average Bonchev–Trinajstić information content (AvgIpc) is 3.49. The van der Waals surface area contributed by atoms with E-state index in [2.05, 4.69) is 61.8 Å². The van der Waals surface area contributed by atoms with Gasteiger partial charge in [0, 0.05) is 0 Å².